The van der Waals surface area contributed by atoms with Gasteiger partial charge in [0.1, 0.15) is 5.82 Å². The summed E-state index contributed by atoms with van der Waals surface area (Å²) in [6.45, 7) is 10.2. The number of piperazine rings is 1. The molecule has 8 heteroatoms. The maximum Gasteiger partial charge on any atom is 0.336 e. The highest BCUT2D eigenvalue weighted by Gasteiger charge is 2.37. The van der Waals surface area contributed by atoms with Gasteiger partial charge in [-0.1, -0.05) is 31.2 Å². The molecule has 2 amide bonds. The van der Waals surface area contributed by atoms with E-state index in [0.717, 1.165) is 25.2 Å². The van der Waals surface area contributed by atoms with Crippen molar-refractivity contribution in [3.63, 3.8) is 0 Å². The molecule has 2 heterocycles. The number of likely N-dealkylation sites (N-methyl/N-ethyl adjacent to an activating group) is 1. The SMILES string of the molecule is CCOC(=O)C1=C(C)N(Cc2ccc(C(=O)N3CCN(CC)CC3)cc2)C(=O)CC1c1cccc(F)c1. The summed E-state index contributed by atoms with van der Waals surface area (Å²) in [6.07, 6.45) is 0.0370. The molecule has 7 nitrogen and oxygen atoms in total. The van der Waals surface area contributed by atoms with Crippen LogP contribution in [0.2, 0.25) is 0 Å². The fourth-order valence-corrected chi connectivity index (χ4v) is 5.07. The topological polar surface area (TPSA) is 70.2 Å². The maximum atomic E-state index is 13.9. The van der Waals surface area contributed by atoms with Gasteiger partial charge in [0.05, 0.1) is 18.7 Å². The molecule has 1 unspecified atom stereocenters. The zero-order valence-corrected chi connectivity index (χ0v) is 21.7. The lowest BCUT2D eigenvalue weighted by molar-refractivity contribution is -0.140. The van der Waals surface area contributed by atoms with Gasteiger partial charge in [0.2, 0.25) is 5.91 Å². The number of esters is 1. The normalized spacial score (nSPS) is 18.8. The highest BCUT2D eigenvalue weighted by molar-refractivity contribution is 5.96. The van der Waals surface area contributed by atoms with Gasteiger partial charge >= 0.3 is 5.97 Å². The molecule has 1 atom stereocenters. The first-order valence-electron chi connectivity index (χ1n) is 12.9. The van der Waals surface area contributed by atoms with Crippen molar-refractivity contribution >= 4 is 17.8 Å². The minimum atomic E-state index is -0.577. The summed E-state index contributed by atoms with van der Waals surface area (Å²) in [4.78, 5) is 44.9. The third-order valence-corrected chi connectivity index (χ3v) is 7.22. The van der Waals surface area contributed by atoms with Crippen LogP contribution in [-0.4, -0.2) is 71.8 Å². The third kappa shape index (κ3) is 5.91. The molecule has 37 heavy (non-hydrogen) atoms. The number of carbonyl (C=O) groups is 3. The Kier molecular flexibility index (Phi) is 8.38. The Labute approximate surface area is 217 Å². The second kappa shape index (κ2) is 11.7. The van der Waals surface area contributed by atoms with Crippen LogP contribution in [0, 0.1) is 5.82 Å². The number of halogens is 1. The van der Waals surface area contributed by atoms with Crippen LogP contribution in [0.5, 0.6) is 0 Å². The Bertz CT molecular complexity index is 1190. The van der Waals surface area contributed by atoms with Gasteiger partial charge in [0.25, 0.3) is 5.91 Å². The van der Waals surface area contributed by atoms with E-state index < -0.39 is 17.7 Å². The largest absolute Gasteiger partial charge is 0.463 e. The van der Waals surface area contributed by atoms with E-state index in [4.69, 9.17) is 4.74 Å². The molecule has 2 aliphatic rings. The van der Waals surface area contributed by atoms with E-state index in [9.17, 15) is 18.8 Å². The van der Waals surface area contributed by atoms with Gasteiger partial charge < -0.3 is 19.4 Å². The van der Waals surface area contributed by atoms with Crippen LogP contribution >= 0.6 is 0 Å². The van der Waals surface area contributed by atoms with Gasteiger partial charge in [-0.05, 0) is 55.8 Å². The molecule has 4 rings (SSSR count). The van der Waals surface area contributed by atoms with Crippen molar-refractivity contribution in [1.29, 1.82) is 0 Å². The number of rotatable bonds is 7. The zero-order chi connectivity index (χ0) is 26.5. The van der Waals surface area contributed by atoms with E-state index in [1.807, 2.05) is 17.0 Å². The number of benzene rings is 2. The quantitative estimate of drug-likeness (QED) is 0.531. The summed E-state index contributed by atoms with van der Waals surface area (Å²) in [7, 11) is 0. The van der Waals surface area contributed by atoms with Gasteiger partial charge in [-0.3, -0.25) is 9.59 Å². The molecule has 2 aliphatic heterocycles. The molecule has 2 aromatic carbocycles. The molecule has 0 aliphatic carbocycles. The average Bonchev–Trinajstić information content (AvgIpc) is 2.91. The second-order valence-corrected chi connectivity index (χ2v) is 9.43. The number of hydrogen-bond acceptors (Lipinski definition) is 5. The highest BCUT2D eigenvalue weighted by Crippen LogP contribution is 2.38. The molecule has 2 aromatic rings. The molecule has 0 N–H and O–H groups in total. The molecular weight excluding hydrogens is 473 g/mol. The number of carbonyl (C=O) groups excluding carboxylic acids is 3. The van der Waals surface area contributed by atoms with E-state index in [-0.39, 0.29) is 31.4 Å². The van der Waals surface area contributed by atoms with E-state index >= 15 is 0 Å². The Balaban J connectivity index is 1.54. The third-order valence-electron chi connectivity index (χ3n) is 7.22. The first kappa shape index (κ1) is 26.5. The number of nitrogens with zero attached hydrogens (tertiary/aromatic N) is 3. The van der Waals surface area contributed by atoms with Crippen molar-refractivity contribution in [2.24, 2.45) is 0 Å². The van der Waals surface area contributed by atoms with Crippen molar-refractivity contribution in [3.05, 3.63) is 82.3 Å². The molecule has 0 saturated carbocycles. The van der Waals surface area contributed by atoms with Crippen molar-refractivity contribution < 1.29 is 23.5 Å². The lowest BCUT2D eigenvalue weighted by atomic mass is 9.83. The molecule has 0 spiro atoms. The molecule has 1 fully saturated rings. The summed E-state index contributed by atoms with van der Waals surface area (Å²) in [5.41, 5.74) is 2.89. The summed E-state index contributed by atoms with van der Waals surface area (Å²) in [5, 5.41) is 0. The van der Waals surface area contributed by atoms with Gasteiger partial charge in [-0.15, -0.1) is 0 Å². The van der Waals surface area contributed by atoms with E-state index in [1.165, 1.54) is 12.1 Å². The van der Waals surface area contributed by atoms with E-state index in [0.29, 0.717) is 35.5 Å². The van der Waals surface area contributed by atoms with Crippen LogP contribution in [-0.2, 0) is 20.9 Å². The van der Waals surface area contributed by atoms with Crippen LogP contribution in [0.4, 0.5) is 4.39 Å². The van der Waals surface area contributed by atoms with Crippen molar-refractivity contribution in [2.45, 2.75) is 39.7 Å². The smallest absolute Gasteiger partial charge is 0.336 e. The van der Waals surface area contributed by atoms with Gasteiger partial charge in [-0.25, -0.2) is 9.18 Å². The Morgan fingerprint density at radius 3 is 2.35 bits per heavy atom. The fraction of sp³-hybridized carbons (Fsp3) is 0.414. The highest BCUT2D eigenvalue weighted by atomic mass is 19.1. The maximum absolute atomic E-state index is 13.9. The predicted molar refractivity (Wildman–Crippen MR) is 138 cm³/mol. The standard InChI is InChI=1S/C29H34FN3O4/c1-4-31-13-15-32(16-14-31)28(35)22-11-9-21(10-12-22)19-33-20(3)27(29(36)37-5-2)25(18-26(33)34)23-7-6-8-24(30)17-23/h6-12,17,25H,4-5,13-16,18-19H2,1-3H3. The summed E-state index contributed by atoms with van der Waals surface area (Å²) >= 11 is 0. The predicted octanol–water partition coefficient (Wildman–Crippen LogP) is 3.96. The number of amides is 2. The Morgan fingerprint density at radius 1 is 1.03 bits per heavy atom. The zero-order valence-electron chi connectivity index (χ0n) is 21.7. The van der Waals surface area contributed by atoms with Crippen LogP contribution < -0.4 is 0 Å². The first-order valence-corrected chi connectivity index (χ1v) is 12.9. The summed E-state index contributed by atoms with van der Waals surface area (Å²) in [5.74, 6) is -1.65. The summed E-state index contributed by atoms with van der Waals surface area (Å²) < 4.78 is 19.2. The Hall–Kier alpha value is -3.52. The first-order chi connectivity index (χ1) is 17.8. The number of ether oxygens (including phenoxy) is 1. The van der Waals surface area contributed by atoms with Crippen LogP contribution in [0.1, 0.15) is 54.6 Å². The van der Waals surface area contributed by atoms with Gasteiger partial charge in [-0.2, -0.15) is 0 Å². The molecule has 0 bridgehead atoms. The summed E-state index contributed by atoms with van der Waals surface area (Å²) in [6, 6.07) is 13.3. The lowest BCUT2D eigenvalue weighted by Crippen LogP contribution is -2.48. The fourth-order valence-electron chi connectivity index (χ4n) is 5.07. The van der Waals surface area contributed by atoms with Gasteiger partial charge in [0.15, 0.2) is 0 Å². The minimum Gasteiger partial charge on any atom is -0.463 e. The molecule has 0 aromatic heterocycles. The lowest BCUT2D eigenvalue weighted by Gasteiger charge is -2.35. The van der Waals surface area contributed by atoms with Crippen molar-refractivity contribution in [2.75, 3.05) is 39.3 Å². The van der Waals surface area contributed by atoms with Crippen molar-refractivity contribution in [3.8, 4) is 0 Å². The molecule has 1 saturated heterocycles. The number of allylic oxidation sites excluding steroid dienone is 1. The van der Waals surface area contributed by atoms with E-state index in [1.54, 1.807) is 43.0 Å². The Morgan fingerprint density at radius 2 is 1.73 bits per heavy atom. The van der Waals surface area contributed by atoms with Crippen LogP contribution in [0.25, 0.3) is 0 Å². The molecular formula is C29H34FN3O4. The average molecular weight is 508 g/mol. The van der Waals surface area contributed by atoms with Crippen molar-refractivity contribution in [1.82, 2.24) is 14.7 Å². The monoisotopic (exact) mass is 507 g/mol. The minimum absolute atomic E-state index is 0.00922. The molecule has 0 radical (unpaired) electrons. The van der Waals surface area contributed by atoms with Crippen LogP contribution in [0.3, 0.4) is 0 Å². The van der Waals surface area contributed by atoms with Gasteiger partial charge in [0, 0.05) is 49.8 Å². The van der Waals surface area contributed by atoms with Crippen LogP contribution in [0.15, 0.2) is 59.8 Å². The second-order valence-electron chi connectivity index (χ2n) is 9.43. The molecule has 196 valence electrons. The van der Waals surface area contributed by atoms with E-state index in [2.05, 4.69) is 11.8 Å². The number of hydrogen-bond donors (Lipinski definition) is 0.